The van der Waals surface area contributed by atoms with E-state index in [9.17, 15) is 4.39 Å². The Kier molecular flexibility index (Phi) is 4.17. The van der Waals surface area contributed by atoms with Crippen LogP contribution in [-0.4, -0.2) is 4.99 Å². The zero-order valence-corrected chi connectivity index (χ0v) is 12.5. The number of ether oxygens (including phenoxy) is 1. The highest BCUT2D eigenvalue weighted by molar-refractivity contribution is 9.10. The second-order valence-electron chi connectivity index (χ2n) is 4.02. The van der Waals surface area contributed by atoms with Crippen molar-refractivity contribution in [2.45, 2.75) is 6.92 Å². The van der Waals surface area contributed by atoms with E-state index in [0.717, 1.165) is 10.0 Å². The van der Waals surface area contributed by atoms with Crippen LogP contribution in [-0.2, 0) is 0 Å². The van der Waals surface area contributed by atoms with E-state index in [-0.39, 0.29) is 10.7 Å². The van der Waals surface area contributed by atoms with Crippen LogP contribution in [0.25, 0.3) is 0 Å². The van der Waals surface area contributed by atoms with Crippen molar-refractivity contribution < 1.29 is 9.13 Å². The van der Waals surface area contributed by atoms with Gasteiger partial charge in [-0.15, -0.1) is 0 Å². The molecule has 0 aliphatic heterocycles. The van der Waals surface area contributed by atoms with Crippen molar-refractivity contribution in [3.63, 3.8) is 0 Å². The van der Waals surface area contributed by atoms with Gasteiger partial charge in [0.25, 0.3) is 0 Å². The normalized spacial score (nSPS) is 10.3. The van der Waals surface area contributed by atoms with Gasteiger partial charge in [-0.2, -0.15) is 0 Å². The number of nitrogens with two attached hydrogens (primary N) is 1. The Balaban J connectivity index is 2.33. The highest BCUT2D eigenvalue weighted by Gasteiger charge is 2.09. The molecule has 0 spiro atoms. The highest BCUT2D eigenvalue weighted by Crippen LogP contribution is 2.30. The first-order valence-corrected chi connectivity index (χ1v) is 6.71. The van der Waals surface area contributed by atoms with Gasteiger partial charge in [0.2, 0.25) is 0 Å². The van der Waals surface area contributed by atoms with Crippen LogP contribution in [0.3, 0.4) is 0 Å². The molecule has 2 N–H and O–H groups in total. The van der Waals surface area contributed by atoms with Gasteiger partial charge in [0.05, 0.1) is 0 Å². The van der Waals surface area contributed by atoms with Gasteiger partial charge in [0.1, 0.15) is 10.7 Å². The second-order valence-corrected chi connectivity index (χ2v) is 5.38. The van der Waals surface area contributed by atoms with Crippen molar-refractivity contribution in [3.05, 3.63) is 57.8 Å². The van der Waals surface area contributed by atoms with E-state index in [0.29, 0.717) is 11.3 Å². The molecule has 0 aliphatic carbocycles. The molecule has 0 saturated carbocycles. The molecule has 2 rings (SSSR count). The molecule has 0 aromatic heterocycles. The van der Waals surface area contributed by atoms with Crippen LogP contribution in [0.1, 0.15) is 11.1 Å². The lowest BCUT2D eigenvalue weighted by Gasteiger charge is -2.10. The third kappa shape index (κ3) is 3.30. The van der Waals surface area contributed by atoms with Gasteiger partial charge >= 0.3 is 0 Å². The lowest BCUT2D eigenvalue weighted by atomic mass is 10.2. The Morgan fingerprint density at radius 3 is 2.58 bits per heavy atom. The van der Waals surface area contributed by atoms with Gasteiger partial charge in [-0.05, 0) is 42.8 Å². The van der Waals surface area contributed by atoms with E-state index < -0.39 is 5.82 Å². The summed E-state index contributed by atoms with van der Waals surface area (Å²) in [5.41, 5.74) is 6.84. The minimum atomic E-state index is -0.496. The fourth-order valence-electron chi connectivity index (χ4n) is 1.54. The van der Waals surface area contributed by atoms with E-state index in [2.05, 4.69) is 15.9 Å². The standard InChI is InChI=1S/C14H11BrFNOS/c1-8-2-4-10(15)7-13(8)18-12-5-3-9(14(17)19)6-11(12)16/h2-7H,1H3,(H2,17,19). The molecular weight excluding hydrogens is 329 g/mol. The molecule has 0 aliphatic rings. The fourth-order valence-corrected chi connectivity index (χ4v) is 2.01. The molecule has 0 radical (unpaired) electrons. The molecule has 19 heavy (non-hydrogen) atoms. The third-order valence-corrected chi connectivity index (χ3v) is 3.32. The van der Waals surface area contributed by atoms with Crippen LogP contribution in [0, 0.1) is 12.7 Å². The minimum Gasteiger partial charge on any atom is -0.454 e. The number of aryl methyl sites for hydroxylation is 1. The summed E-state index contributed by atoms with van der Waals surface area (Å²) in [6, 6.07) is 9.99. The second kappa shape index (κ2) is 5.67. The lowest BCUT2D eigenvalue weighted by molar-refractivity contribution is 0.439. The van der Waals surface area contributed by atoms with Crippen LogP contribution in [0.2, 0.25) is 0 Å². The SMILES string of the molecule is Cc1ccc(Br)cc1Oc1ccc(C(N)=S)cc1F. The number of rotatable bonds is 3. The van der Waals surface area contributed by atoms with Crippen molar-refractivity contribution in [2.75, 3.05) is 0 Å². The number of hydrogen-bond acceptors (Lipinski definition) is 2. The van der Waals surface area contributed by atoms with Gasteiger partial charge in [-0.25, -0.2) is 4.39 Å². The fraction of sp³-hybridized carbons (Fsp3) is 0.0714. The van der Waals surface area contributed by atoms with Crippen LogP contribution in [0.15, 0.2) is 40.9 Å². The zero-order chi connectivity index (χ0) is 14.0. The first-order valence-electron chi connectivity index (χ1n) is 5.51. The van der Waals surface area contributed by atoms with Crippen molar-refractivity contribution >= 4 is 33.1 Å². The van der Waals surface area contributed by atoms with Crippen molar-refractivity contribution in [1.29, 1.82) is 0 Å². The molecule has 5 heteroatoms. The molecular formula is C14H11BrFNOS. The Labute approximate surface area is 124 Å². The van der Waals surface area contributed by atoms with Gasteiger partial charge in [-0.1, -0.05) is 34.2 Å². The van der Waals surface area contributed by atoms with Gasteiger partial charge in [0.15, 0.2) is 11.6 Å². The smallest absolute Gasteiger partial charge is 0.166 e. The van der Waals surface area contributed by atoms with Gasteiger partial charge in [-0.3, -0.25) is 0 Å². The first-order chi connectivity index (χ1) is 8.97. The topological polar surface area (TPSA) is 35.2 Å². The molecule has 0 bridgehead atoms. The van der Waals surface area contributed by atoms with Crippen LogP contribution in [0.5, 0.6) is 11.5 Å². The largest absolute Gasteiger partial charge is 0.454 e. The predicted molar refractivity (Wildman–Crippen MR) is 81.2 cm³/mol. The summed E-state index contributed by atoms with van der Waals surface area (Å²) in [7, 11) is 0. The Morgan fingerprint density at radius 1 is 1.21 bits per heavy atom. The summed E-state index contributed by atoms with van der Waals surface area (Å²) in [5.74, 6) is 0.238. The molecule has 0 saturated heterocycles. The zero-order valence-electron chi connectivity index (χ0n) is 10.1. The van der Waals surface area contributed by atoms with Gasteiger partial charge < -0.3 is 10.5 Å². The molecule has 2 aromatic rings. The van der Waals surface area contributed by atoms with E-state index in [4.69, 9.17) is 22.7 Å². The Morgan fingerprint density at radius 2 is 1.95 bits per heavy atom. The molecule has 98 valence electrons. The van der Waals surface area contributed by atoms with E-state index in [1.165, 1.54) is 12.1 Å². The molecule has 0 fully saturated rings. The summed E-state index contributed by atoms with van der Waals surface area (Å²) in [6.07, 6.45) is 0. The summed E-state index contributed by atoms with van der Waals surface area (Å²) in [6.45, 7) is 1.89. The van der Waals surface area contributed by atoms with E-state index >= 15 is 0 Å². The Bertz CT molecular complexity index is 645. The predicted octanol–water partition coefficient (Wildman–Crippen LogP) is 4.32. The van der Waals surface area contributed by atoms with Crippen LogP contribution < -0.4 is 10.5 Å². The molecule has 2 nitrogen and oxygen atoms in total. The summed E-state index contributed by atoms with van der Waals surface area (Å²) in [4.78, 5) is 0.157. The van der Waals surface area contributed by atoms with Crippen LogP contribution in [0.4, 0.5) is 4.39 Å². The maximum Gasteiger partial charge on any atom is 0.166 e. The van der Waals surface area contributed by atoms with Crippen molar-refractivity contribution in [2.24, 2.45) is 5.73 Å². The molecule has 2 aromatic carbocycles. The number of thiocarbonyl (C=S) groups is 1. The average molecular weight is 340 g/mol. The maximum absolute atomic E-state index is 13.9. The number of hydrogen-bond donors (Lipinski definition) is 1. The quantitative estimate of drug-likeness (QED) is 0.845. The lowest BCUT2D eigenvalue weighted by Crippen LogP contribution is -2.09. The monoisotopic (exact) mass is 339 g/mol. The van der Waals surface area contributed by atoms with Gasteiger partial charge in [0, 0.05) is 10.0 Å². The minimum absolute atomic E-state index is 0.140. The molecule has 0 atom stereocenters. The van der Waals surface area contributed by atoms with Crippen LogP contribution >= 0.6 is 28.1 Å². The highest BCUT2D eigenvalue weighted by atomic mass is 79.9. The van der Waals surface area contributed by atoms with Crippen molar-refractivity contribution in [1.82, 2.24) is 0 Å². The molecule has 0 heterocycles. The Hall–Kier alpha value is -1.46. The first kappa shape index (κ1) is 14.0. The summed E-state index contributed by atoms with van der Waals surface area (Å²) >= 11 is 8.15. The molecule has 0 amide bonds. The summed E-state index contributed by atoms with van der Waals surface area (Å²) < 4.78 is 20.3. The average Bonchev–Trinajstić information content (AvgIpc) is 2.36. The maximum atomic E-state index is 13.9. The summed E-state index contributed by atoms with van der Waals surface area (Å²) in [5, 5.41) is 0. The number of halogens is 2. The molecule has 0 unspecified atom stereocenters. The van der Waals surface area contributed by atoms with Crippen molar-refractivity contribution in [3.8, 4) is 11.5 Å². The number of benzene rings is 2. The van der Waals surface area contributed by atoms with E-state index in [1.54, 1.807) is 12.1 Å². The third-order valence-electron chi connectivity index (χ3n) is 2.59. The van der Waals surface area contributed by atoms with E-state index in [1.807, 2.05) is 19.1 Å².